The molecule has 0 radical (unpaired) electrons. The van der Waals surface area contributed by atoms with Gasteiger partial charge in [0, 0.05) is 0 Å². The summed E-state index contributed by atoms with van der Waals surface area (Å²) in [6.45, 7) is 9.01. The van der Waals surface area contributed by atoms with Gasteiger partial charge in [-0.1, -0.05) is 0 Å². The van der Waals surface area contributed by atoms with Crippen LogP contribution in [-0.4, -0.2) is 5.54 Å². The largest absolute Gasteiger partial charge is 0.147 e. The Kier molecular flexibility index (Phi) is 8.44. The average molecular weight is 412 g/mol. The quantitative estimate of drug-likeness (QED) is 0.581. The van der Waals surface area contributed by atoms with Gasteiger partial charge in [-0.25, -0.2) is 0 Å². The predicted molar refractivity (Wildman–Crippen MR) is 111 cm³/mol. The van der Waals surface area contributed by atoms with Crippen molar-refractivity contribution in [2.24, 2.45) is 0 Å². The first-order chi connectivity index (χ1) is 11.0. The monoisotopic (exact) mass is 411 g/mol. The third-order valence-corrected chi connectivity index (χ3v) is 6.54. The fourth-order valence-corrected chi connectivity index (χ4v) is 4.98. The molecular formula is C21H27Cl2NTi. The molecule has 2 aromatic rings. The molecule has 0 aliphatic heterocycles. The zero-order valence-electron chi connectivity index (χ0n) is 15.3. The first-order valence-corrected chi connectivity index (χ1v) is 10.2. The van der Waals surface area contributed by atoms with Crippen molar-refractivity contribution >= 4 is 41.2 Å². The standard InChI is InChI=1S/C17H15.C4H10N.2ClH.Ti/c1-12-6-5-9-15(12)17-11-10-14-7-3-4-8-16(14)13(17)2;1-4(2,3)5;;;/h3-8,10-11H,2,9H2,1H3;5H,1-3H3;2*1H;/q;-1;;;+1. The second kappa shape index (κ2) is 9.39. The predicted octanol–water partition coefficient (Wildman–Crippen LogP) is 6.30. The molecule has 0 fully saturated rings. The van der Waals surface area contributed by atoms with Crippen LogP contribution in [0, 0.1) is 0 Å². The van der Waals surface area contributed by atoms with Crippen molar-refractivity contribution in [3.63, 3.8) is 0 Å². The summed E-state index contributed by atoms with van der Waals surface area (Å²) in [5.41, 5.74) is 6.15. The minimum Gasteiger partial charge on any atom is -0.147 e. The zero-order valence-corrected chi connectivity index (χ0v) is 18.5. The molecule has 0 heterocycles. The molecule has 0 aromatic heterocycles. The van der Waals surface area contributed by atoms with Gasteiger partial charge >= 0.3 is 149 Å². The molecule has 0 bridgehead atoms. The summed E-state index contributed by atoms with van der Waals surface area (Å²) in [5.74, 6) is 0. The van der Waals surface area contributed by atoms with Crippen molar-refractivity contribution in [1.82, 2.24) is 3.80 Å². The van der Waals surface area contributed by atoms with Gasteiger partial charge in [0.2, 0.25) is 0 Å². The van der Waals surface area contributed by atoms with E-state index in [1.807, 2.05) is 0 Å². The van der Waals surface area contributed by atoms with Crippen LogP contribution in [0.1, 0.15) is 45.2 Å². The van der Waals surface area contributed by atoms with Crippen LogP contribution in [-0.2, 0) is 24.1 Å². The summed E-state index contributed by atoms with van der Waals surface area (Å²) in [6.07, 6.45) is 5.62. The molecule has 0 atom stereocenters. The molecule has 1 aliphatic carbocycles. The third kappa shape index (κ3) is 5.45. The van der Waals surface area contributed by atoms with E-state index in [2.05, 4.69) is 80.0 Å². The Balaban J connectivity index is 0.00000156. The maximum Gasteiger partial charge on any atom is -0.147 e. The van der Waals surface area contributed by atoms with Crippen LogP contribution < -0.4 is 3.80 Å². The zero-order chi connectivity index (χ0) is 16.4. The number of halogens is 2. The van der Waals surface area contributed by atoms with Crippen LogP contribution in [0.3, 0.4) is 0 Å². The average Bonchev–Trinajstić information content (AvgIpc) is 2.92. The van der Waals surface area contributed by atoms with Crippen molar-refractivity contribution in [1.29, 1.82) is 0 Å². The van der Waals surface area contributed by atoms with Crippen LogP contribution in [0.15, 0.2) is 54.1 Å². The molecule has 4 heteroatoms. The van der Waals surface area contributed by atoms with E-state index in [0.717, 1.165) is 6.42 Å². The van der Waals surface area contributed by atoms with E-state index < -0.39 is 0 Å². The van der Waals surface area contributed by atoms with E-state index in [-0.39, 0.29) is 49.8 Å². The van der Waals surface area contributed by atoms with Gasteiger partial charge in [-0.2, -0.15) is 0 Å². The Hall–Kier alpha value is -0.566. The third-order valence-electron chi connectivity index (χ3n) is 4.26. The van der Waals surface area contributed by atoms with Crippen LogP contribution in [0.2, 0.25) is 0 Å². The van der Waals surface area contributed by atoms with E-state index in [4.69, 9.17) is 0 Å². The van der Waals surface area contributed by atoms with Gasteiger partial charge in [0.25, 0.3) is 0 Å². The molecular weight excluding hydrogens is 385 g/mol. The fourth-order valence-electron chi connectivity index (χ4n) is 3.14. The Bertz CT molecular complexity index is 788. The van der Waals surface area contributed by atoms with E-state index >= 15 is 0 Å². The molecule has 0 unspecified atom stereocenters. The minimum absolute atomic E-state index is 0. The molecule has 0 saturated carbocycles. The molecule has 1 aliphatic rings. The van der Waals surface area contributed by atoms with Gasteiger partial charge in [0.1, 0.15) is 0 Å². The number of hydrogen-bond donors (Lipinski definition) is 1. The van der Waals surface area contributed by atoms with Gasteiger partial charge in [0.15, 0.2) is 0 Å². The van der Waals surface area contributed by atoms with Crippen LogP contribution in [0.25, 0.3) is 16.3 Å². The van der Waals surface area contributed by atoms with Crippen molar-refractivity contribution in [3.8, 4) is 0 Å². The smallest absolute Gasteiger partial charge is 0.147 e. The van der Waals surface area contributed by atoms with Crippen LogP contribution in [0.5, 0.6) is 0 Å². The molecule has 0 saturated heterocycles. The molecule has 0 spiro atoms. The second-order valence-corrected chi connectivity index (χ2v) is 8.80. The Labute approximate surface area is 173 Å². The maximum absolute atomic E-state index is 3.76. The Morgan fingerprint density at radius 3 is 2.40 bits per heavy atom. The number of nitrogens with one attached hydrogen (secondary N) is 1. The van der Waals surface area contributed by atoms with E-state index in [1.165, 1.54) is 37.8 Å². The van der Waals surface area contributed by atoms with E-state index in [9.17, 15) is 0 Å². The SMILES string of the molecule is CC1=C(c2ccc3ccccc3c2[CH2][Ti][NH]C(C)(C)C)CC=C1.Cl.Cl. The number of benzene rings is 2. The van der Waals surface area contributed by atoms with Crippen molar-refractivity contribution in [3.05, 3.63) is 65.3 Å². The normalized spacial score (nSPS) is 13.6. The summed E-state index contributed by atoms with van der Waals surface area (Å²) in [6, 6.07) is 13.4. The molecule has 0 amide bonds. The Morgan fingerprint density at radius 1 is 1.04 bits per heavy atom. The van der Waals surface area contributed by atoms with Crippen molar-refractivity contribution in [2.45, 2.75) is 44.4 Å². The van der Waals surface area contributed by atoms with Crippen molar-refractivity contribution < 1.29 is 19.4 Å². The van der Waals surface area contributed by atoms with Gasteiger partial charge in [0.05, 0.1) is 0 Å². The van der Waals surface area contributed by atoms with E-state index in [1.54, 1.807) is 0 Å². The molecule has 2 aromatic carbocycles. The minimum atomic E-state index is -0.203. The van der Waals surface area contributed by atoms with Gasteiger partial charge in [-0.3, -0.25) is 0 Å². The van der Waals surface area contributed by atoms with E-state index in [0.29, 0.717) is 0 Å². The molecule has 134 valence electrons. The number of hydrogen-bond acceptors (Lipinski definition) is 1. The van der Waals surface area contributed by atoms with Crippen LogP contribution in [0.4, 0.5) is 0 Å². The van der Waals surface area contributed by atoms with Gasteiger partial charge in [-0.15, -0.1) is 24.8 Å². The first-order valence-electron chi connectivity index (χ1n) is 8.33. The number of rotatable bonds is 4. The summed E-state index contributed by atoms with van der Waals surface area (Å²) in [5, 5.41) is 2.79. The second-order valence-electron chi connectivity index (χ2n) is 7.31. The van der Waals surface area contributed by atoms with Gasteiger partial charge < -0.3 is 0 Å². The Morgan fingerprint density at radius 2 is 1.76 bits per heavy atom. The molecule has 1 nitrogen and oxygen atoms in total. The summed E-state index contributed by atoms with van der Waals surface area (Å²) >= 11 is -0.203. The molecule has 3 rings (SSSR count). The van der Waals surface area contributed by atoms with Gasteiger partial charge in [-0.05, 0) is 0 Å². The number of allylic oxidation sites excluding steroid dienone is 4. The summed E-state index contributed by atoms with van der Waals surface area (Å²) < 4.78 is 4.94. The topological polar surface area (TPSA) is 12.0 Å². The number of fused-ring (bicyclic) bond motifs is 1. The molecule has 1 N–H and O–H groups in total. The fraction of sp³-hybridized carbons (Fsp3) is 0.333. The maximum atomic E-state index is 3.76. The summed E-state index contributed by atoms with van der Waals surface area (Å²) in [7, 11) is 0. The van der Waals surface area contributed by atoms with Crippen molar-refractivity contribution in [2.75, 3.05) is 0 Å². The van der Waals surface area contributed by atoms with Crippen LogP contribution >= 0.6 is 24.8 Å². The summed E-state index contributed by atoms with van der Waals surface area (Å²) in [4.78, 5) is 0. The first kappa shape index (κ1) is 22.5. The molecule has 25 heavy (non-hydrogen) atoms.